The Bertz CT molecular complexity index is 730. The number of ether oxygens (including phenoxy) is 2. The Morgan fingerprint density at radius 2 is 2.24 bits per heavy atom. The number of rotatable bonds is 5. The molecule has 4 nitrogen and oxygen atoms in total. The van der Waals surface area contributed by atoms with Crippen molar-refractivity contribution >= 4 is 22.9 Å². The Kier molecular flexibility index (Phi) is 5.11. The maximum Gasteiger partial charge on any atom is 0.0959 e. The number of hydrogen-bond acceptors (Lipinski definition) is 5. The molecule has 1 spiro atoms. The minimum atomic E-state index is -0.0395. The van der Waals surface area contributed by atoms with Crippen LogP contribution in [0, 0.1) is 6.92 Å². The van der Waals surface area contributed by atoms with E-state index in [-0.39, 0.29) is 11.7 Å². The Labute approximate surface area is 157 Å². The van der Waals surface area contributed by atoms with Crippen LogP contribution in [0.2, 0.25) is 5.02 Å². The summed E-state index contributed by atoms with van der Waals surface area (Å²) in [5.41, 5.74) is 2.18. The Morgan fingerprint density at radius 3 is 3.00 bits per heavy atom. The van der Waals surface area contributed by atoms with Crippen LogP contribution in [0.25, 0.3) is 0 Å². The second-order valence-corrected chi connectivity index (χ2v) is 8.52. The maximum absolute atomic E-state index is 6.27. The molecule has 6 heteroatoms. The van der Waals surface area contributed by atoms with E-state index in [1.807, 2.05) is 25.1 Å². The van der Waals surface area contributed by atoms with Gasteiger partial charge in [0.25, 0.3) is 0 Å². The standard InChI is InChI=1S/C19H23ClN2O2S/c1-14-21-16(11-25-14)10-23-17-6-7-24-19(8-17)12-22(13-19)9-15-4-2-3-5-18(15)20/h2-5,11,17H,6-10,12-13H2,1H3/t17-/m0/s1. The number of aromatic nitrogens is 1. The highest BCUT2D eigenvalue weighted by Gasteiger charge is 2.47. The van der Waals surface area contributed by atoms with Gasteiger partial charge in [-0.15, -0.1) is 11.3 Å². The van der Waals surface area contributed by atoms with Gasteiger partial charge in [0.15, 0.2) is 0 Å². The van der Waals surface area contributed by atoms with Crippen LogP contribution >= 0.6 is 22.9 Å². The van der Waals surface area contributed by atoms with Gasteiger partial charge in [0.2, 0.25) is 0 Å². The third-order valence-corrected chi connectivity index (χ3v) is 6.15. The highest BCUT2D eigenvalue weighted by Crippen LogP contribution is 2.36. The molecule has 2 aliphatic heterocycles. The lowest BCUT2D eigenvalue weighted by Crippen LogP contribution is -2.65. The molecule has 0 aliphatic carbocycles. The fourth-order valence-corrected chi connectivity index (χ4v) is 4.56. The van der Waals surface area contributed by atoms with Crippen LogP contribution in [-0.2, 0) is 22.6 Å². The predicted octanol–water partition coefficient (Wildman–Crippen LogP) is 4.06. The van der Waals surface area contributed by atoms with Gasteiger partial charge in [-0.25, -0.2) is 4.98 Å². The van der Waals surface area contributed by atoms with Gasteiger partial charge < -0.3 is 9.47 Å². The van der Waals surface area contributed by atoms with Crippen LogP contribution in [0.5, 0.6) is 0 Å². The van der Waals surface area contributed by atoms with E-state index >= 15 is 0 Å². The largest absolute Gasteiger partial charge is 0.372 e. The van der Waals surface area contributed by atoms with E-state index in [0.29, 0.717) is 6.61 Å². The number of likely N-dealkylation sites (tertiary alicyclic amines) is 1. The number of thiazole rings is 1. The maximum atomic E-state index is 6.27. The van der Waals surface area contributed by atoms with Crippen molar-refractivity contribution in [3.8, 4) is 0 Å². The summed E-state index contributed by atoms with van der Waals surface area (Å²) < 4.78 is 12.2. The summed E-state index contributed by atoms with van der Waals surface area (Å²) in [6, 6.07) is 8.06. The smallest absolute Gasteiger partial charge is 0.0959 e. The Balaban J connectivity index is 1.28. The van der Waals surface area contributed by atoms with Crippen LogP contribution in [0.4, 0.5) is 0 Å². The first-order valence-electron chi connectivity index (χ1n) is 8.74. The molecular formula is C19H23ClN2O2S. The van der Waals surface area contributed by atoms with Crippen molar-refractivity contribution in [2.45, 2.75) is 44.6 Å². The van der Waals surface area contributed by atoms with Crippen molar-refractivity contribution in [2.24, 2.45) is 0 Å². The molecule has 0 saturated carbocycles. The molecular weight excluding hydrogens is 356 g/mol. The number of hydrogen-bond donors (Lipinski definition) is 0. The summed E-state index contributed by atoms with van der Waals surface area (Å²) in [6.45, 7) is 6.20. The summed E-state index contributed by atoms with van der Waals surface area (Å²) in [4.78, 5) is 6.87. The molecule has 2 aromatic rings. The molecule has 134 valence electrons. The molecule has 1 atom stereocenters. The summed E-state index contributed by atoms with van der Waals surface area (Å²) in [5, 5.41) is 4.02. The lowest BCUT2D eigenvalue weighted by Gasteiger charge is -2.53. The number of halogens is 1. The van der Waals surface area contributed by atoms with Crippen LogP contribution in [0.3, 0.4) is 0 Å². The highest BCUT2D eigenvalue weighted by molar-refractivity contribution is 7.09. The van der Waals surface area contributed by atoms with E-state index in [4.69, 9.17) is 21.1 Å². The monoisotopic (exact) mass is 378 g/mol. The van der Waals surface area contributed by atoms with Crippen molar-refractivity contribution in [3.63, 3.8) is 0 Å². The zero-order valence-electron chi connectivity index (χ0n) is 14.4. The molecule has 1 aromatic heterocycles. The lowest BCUT2D eigenvalue weighted by molar-refractivity contribution is -0.200. The van der Waals surface area contributed by atoms with Crippen LogP contribution in [-0.4, -0.2) is 41.3 Å². The zero-order valence-corrected chi connectivity index (χ0v) is 16.0. The minimum Gasteiger partial charge on any atom is -0.372 e. The van der Waals surface area contributed by atoms with Gasteiger partial charge in [0.1, 0.15) is 0 Å². The molecule has 0 bridgehead atoms. The van der Waals surface area contributed by atoms with Crippen LogP contribution in [0.15, 0.2) is 29.6 Å². The van der Waals surface area contributed by atoms with Gasteiger partial charge >= 0.3 is 0 Å². The van der Waals surface area contributed by atoms with E-state index < -0.39 is 0 Å². The Hall–Kier alpha value is -0.980. The third-order valence-electron chi connectivity index (χ3n) is 4.96. The van der Waals surface area contributed by atoms with Gasteiger partial charge in [-0.3, -0.25) is 4.90 Å². The molecule has 4 rings (SSSR count). The first kappa shape index (κ1) is 17.4. The quantitative estimate of drug-likeness (QED) is 0.786. The number of benzene rings is 1. The second-order valence-electron chi connectivity index (χ2n) is 7.05. The van der Waals surface area contributed by atoms with Crippen LogP contribution < -0.4 is 0 Å². The summed E-state index contributed by atoms with van der Waals surface area (Å²) in [7, 11) is 0. The molecule has 0 amide bonds. The average Bonchev–Trinajstić information content (AvgIpc) is 2.99. The average molecular weight is 379 g/mol. The van der Waals surface area contributed by atoms with Gasteiger partial charge in [-0.2, -0.15) is 0 Å². The second kappa shape index (κ2) is 7.33. The van der Waals surface area contributed by atoms with Gasteiger partial charge in [-0.1, -0.05) is 29.8 Å². The van der Waals surface area contributed by atoms with E-state index in [2.05, 4.69) is 21.3 Å². The van der Waals surface area contributed by atoms with E-state index in [1.54, 1.807) is 11.3 Å². The zero-order chi connectivity index (χ0) is 17.3. The first-order valence-corrected chi connectivity index (χ1v) is 10.00. The predicted molar refractivity (Wildman–Crippen MR) is 100 cm³/mol. The fraction of sp³-hybridized carbons (Fsp3) is 0.526. The number of nitrogens with zero attached hydrogens (tertiary/aromatic N) is 2. The Morgan fingerprint density at radius 1 is 1.40 bits per heavy atom. The molecule has 3 heterocycles. The summed E-state index contributed by atoms with van der Waals surface area (Å²) in [5.74, 6) is 0. The molecule has 0 radical (unpaired) electrons. The molecule has 1 aromatic carbocycles. The molecule has 2 saturated heterocycles. The van der Waals surface area contributed by atoms with E-state index in [1.165, 1.54) is 5.56 Å². The van der Waals surface area contributed by atoms with Crippen molar-refractivity contribution in [1.29, 1.82) is 0 Å². The fourth-order valence-electron chi connectivity index (χ4n) is 3.77. The summed E-state index contributed by atoms with van der Waals surface area (Å²) in [6.07, 6.45) is 2.20. The van der Waals surface area contributed by atoms with Crippen molar-refractivity contribution in [2.75, 3.05) is 19.7 Å². The van der Waals surface area contributed by atoms with Gasteiger partial charge in [0.05, 0.1) is 29.0 Å². The lowest BCUT2D eigenvalue weighted by atomic mass is 9.84. The number of aryl methyl sites for hydroxylation is 1. The molecule has 2 fully saturated rings. The van der Waals surface area contributed by atoms with E-state index in [0.717, 1.165) is 54.8 Å². The van der Waals surface area contributed by atoms with Gasteiger partial charge in [-0.05, 0) is 25.0 Å². The third kappa shape index (κ3) is 4.07. The molecule has 2 aliphatic rings. The van der Waals surface area contributed by atoms with E-state index in [9.17, 15) is 0 Å². The minimum absolute atomic E-state index is 0.0395. The molecule has 25 heavy (non-hydrogen) atoms. The van der Waals surface area contributed by atoms with Crippen molar-refractivity contribution in [3.05, 3.63) is 50.9 Å². The topological polar surface area (TPSA) is 34.6 Å². The highest BCUT2D eigenvalue weighted by atomic mass is 35.5. The summed E-state index contributed by atoms with van der Waals surface area (Å²) >= 11 is 7.94. The first-order chi connectivity index (χ1) is 12.1. The van der Waals surface area contributed by atoms with Crippen molar-refractivity contribution in [1.82, 2.24) is 9.88 Å². The van der Waals surface area contributed by atoms with Crippen molar-refractivity contribution < 1.29 is 9.47 Å². The normalized spacial score (nSPS) is 22.9. The SMILES string of the molecule is Cc1nc(CO[C@H]2CCOC3(C2)CN(Cc2ccccc2Cl)C3)cs1. The van der Waals surface area contributed by atoms with Gasteiger partial charge in [0, 0.05) is 43.1 Å². The molecule has 0 N–H and O–H groups in total. The molecule has 0 unspecified atom stereocenters. The van der Waals surface area contributed by atoms with Crippen LogP contribution in [0.1, 0.15) is 29.1 Å².